The zero-order valence-electron chi connectivity index (χ0n) is 23.4. The number of carbonyl (C=O) groups excluding carboxylic acids is 2. The van der Waals surface area contributed by atoms with Crippen LogP contribution in [0.4, 0.5) is 5.69 Å². The third-order valence-electron chi connectivity index (χ3n) is 9.15. The number of aryl methyl sites for hydroxylation is 1. The number of aromatic hydroxyl groups is 1. The number of aromatic nitrogens is 3. The van der Waals surface area contributed by atoms with Crippen molar-refractivity contribution >= 4 is 29.1 Å². The predicted octanol–water partition coefficient (Wildman–Crippen LogP) is 3.63. The van der Waals surface area contributed by atoms with Crippen LogP contribution in [0.15, 0.2) is 94.0 Å². The van der Waals surface area contributed by atoms with Gasteiger partial charge in [-0.3, -0.25) is 15.0 Å². The van der Waals surface area contributed by atoms with Crippen molar-refractivity contribution in [3.63, 3.8) is 0 Å². The first kappa shape index (κ1) is 27.0. The molecule has 3 aliphatic rings. The van der Waals surface area contributed by atoms with Crippen LogP contribution in [0, 0.1) is 12.8 Å². The fourth-order valence-corrected chi connectivity index (χ4v) is 7.40. The Labute approximate surface area is 251 Å². The Bertz CT molecular complexity index is 1960. The molecule has 3 aromatic carbocycles. The van der Waals surface area contributed by atoms with E-state index in [1.807, 2.05) is 55.5 Å². The second kappa shape index (κ2) is 9.60. The van der Waals surface area contributed by atoms with E-state index in [0.717, 1.165) is 15.1 Å². The van der Waals surface area contributed by atoms with Crippen molar-refractivity contribution in [1.29, 1.82) is 0 Å². The zero-order valence-corrected chi connectivity index (χ0v) is 24.2. The summed E-state index contributed by atoms with van der Waals surface area (Å²) in [5.74, 6) is -2.90. The van der Waals surface area contributed by atoms with E-state index in [1.165, 1.54) is 22.5 Å². The fraction of sp³-hybridized carbons (Fsp3) is 0.250. The van der Waals surface area contributed by atoms with E-state index in [2.05, 4.69) is 5.43 Å². The Kier molecular flexibility index (Phi) is 6.04. The largest absolute Gasteiger partial charge is 0.508 e. The monoisotopic (exact) mass is 597 g/mol. The first-order valence-corrected chi connectivity index (χ1v) is 14.4. The summed E-state index contributed by atoms with van der Waals surface area (Å²) in [5.41, 5.74) is 3.73. The molecule has 7 rings (SSSR count). The smallest absolute Gasteiger partial charge is 0.347 e. The molecular weight excluding hydrogens is 570 g/mol. The number of hydrogen-bond donors (Lipinski definition) is 2. The number of hydrogen-bond acceptors (Lipinski definition) is 6. The molecular formula is C32H28ClN5O5. The van der Waals surface area contributed by atoms with Crippen LogP contribution in [0.5, 0.6) is 5.75 Å². The minimum Gasteiger partial charge on any atom is -0.508 e. The molecule has 11 heteroatoms. The number of benzene rings is 3. The van der Waals surface area contributed by atoms with Gasteiger partial charge in [0.2, 0.25) is 0 Å². The second-order valence-corrected chi connectivity index (χ2v) is 11.8. The van der Waals surface area contributed by atoms with Gasteiger partial charge in [-0.2, -0.15) is 5.01 Å². The topological polar surface area (TPSA) is 119 Å². The predicted molar refractivity (Wildman–Crippen MR) is 160 cm³/mol. The van der Waals surface area contributed by atoms with Crippen LogP contribution in [0.1, 0.15) is 35.1 Å². The number of nitrogens with zero attached hydrogens (tertiary/aromatic N) is 4. The minimum absolute atomic E-state index is 0.0819. The highest BCUT2D eigenvalue weighted by atomic mass is 35.5. The van der Waals surface area contributed by atoms with Crippen LogP contribution >= 0.6 is 11.6 Å². The Morgan fingerprint density at radius 2 is 1.67 bits per heavy atom. The van der Waals surface area contributed by atoms with Crippen molar-refractivity contribution < 1.29 is 14.7 Å². The third-order valence-corrected chi connectivity index (χ3v) is 9.38. The first-order chi connectivity index (χ1) is 20.6. The average Bonchev–Trinajstić information content (AvgIpc) is 3.36. The molecule has 4 atom stereocenters. The molecule has 3 heterocycles. The molecule has 2 fully saturated rings. The van der Waals surface area contributed by atoms with Gasteiger partial charge in [0, 0.05) is 23.6 Å². The van der Waals surface area contributed by atoms with Crippen molar-refractivity contribution in [1.82, 2.24) is 18.9 Å². The molecule has 218 valence electrons. The number of imide groups is 1. The van der Waals surface area contributed by atoms with Crippen LogP contribution < -0.4 is 16.8 Å². The van der Waals surface area contributed by atoms with Crippen LogP contribution in [-0.4, -0.2) is 35.9 Å². The van der Waals surface area contributed by atoms with Gasteiger partial charge in [-0.05, 0) is 54.8 Å². The van der Waals surface area contributed by atoms with Gasteiger partial charge in [-0.25, -0.2) is 23.5 Å². The summed E-state index contributed by atoms with van der Waals surface area (Å²) >= 11 is 6.48. The van der Waals surface area contributed by atoms with E-state index in [9.17, 15) is 24.3 Å². The highest BCUT2D eigenvalue weighted by Crippen LogP contribution is 2.62. The number of allylic oxidation sites excluding steroid dienone is 2. The van der Waals surface area contributed by atoms with E-state index in [1.54, 1.807) is 24.3 Å². The van der Waals surface area contributed by atoms with Crippen LogP contribution in [0.25, 0.3) is 0 Å². The van der Waals surface area contributed by atoms with E-state index >= 15 is 0 Å². The maximum Gasteiger partial charge on any atom is 0.347 e. The number of fused-ring (bicyclic) bond motifs is 4. The number of hydrazine groups is 1. The van der Waals surface area contributed by atoms with E-state index in [-0.39, 0.29) is 18.7 Å². The lowest BCUT2D eigenvalue weighted by atomic mass is 9.53. The number of amides is 2. The van der Waals surface area contributed by atoms with Gasteiger partial charge < -0.3 is 5.11 Å². The molecule has 1 saturated carbocycles. The van der Waals surface area contributed by atoms with E-state index in [4.69, 9.17) is 11.6 Å². The number of rotatable bonds is 4. The molecule has 2 N–H and O–H groups in total. The number of phenols is 1. The summed E-state index contributed by atoms with van der Waals surface area (Å²) in [7, 11) is 1.41. The normalized spacial score (nSPS) is 24.3. The van der Waals surface area contributed by atoms with Crippen molar-refractivity contribution in [2.24, 2.45) is 13.0 Å². The summed E-state index contributed by atoms with van der Waals surface area (Å²) in [6.07, 6.45) is 1.92. The number of nitrogens with one attached hydrogen (secondary N) is 1. The van der Waals surface area contributed by atoms with Crippen molar-refractivity contribution in [2.75, 3.05) is 5.43 Å². The van der Waals surface area contributed by atoms with Gasteiger partial charge in [0.05, 0.1) is 29.6 Å². The molecule has 0 radical (unpaired) electrons. The summed E-state index contributed by atoms with van der Waals surface area (Å²) in [6, 6.07) is 20.3. The molecule has 1 aliphatic carbocycles. The number of carbonyl (C=O) groups is 2. The average molecular weight is 598 g/mol. The molecule has 0 unspecified atom stereocenters. The Balaban J connectivity index is 1.52. The minimum atomic E-state index is -1.50. The molecule has 43 heavy (non-hydrogen) atoms. The standard InChI is InChI=1S/C32H28ClN5O5/c1-18-8-11-21(12-9-18)34-37-28(40)24-17-25-22(14-15-36-30(42)35(2)31(43)38(25)36)27(23-16-20(33)10-13-26(23)39)32(24,29(37)41)19-6-4-3-5-7-19/h3-14,16,24-25,27,34,39H,15,17H2,1-2H3/t24-,25+,27+,32+/m0/s1. The van der Waals surface area contributed by atoms with Gasteiger partial charge in [0.15, 0.2) is 0 Å². The zero-order chi connectivity index (χ0) is 30.2. The summed E-state index contributed by atoms with van der Waals surface area (Å²) in [4.78, 5) is 55.7. The molecule has 10 nitrogen and oxygen atoms in total. The van der Waals surface area contributed by atoms with Gasteiger partial charge in [-0.1, -0.05) is 65.7 Å². The lowest BCUT2D eigenvalue weighted by Crippen LogP contribution is -2.53. The Morgan fingerprint density at radius 3 is 2.40 bits per heavy atom. The molecule has 1 aromatic heterocycles. The molecule has 0 spiro atoms. The van der Waals surface area contributed by atoms with Gasteiger partial charge in [0.25, 0.3) is 11.8 Å². The van der Waals surface area contributed by atoms with Crippen LogP contribution in [0.2, 0.25) is 5.02 Å². The summed E-state index contributed by atoms with van der Waals surface area (Å²) in [6.45, 7) is 2.03. The number of halogens is 1. The SMILES string of the molecule is Cc1ccc(NN2C(=O)[C@@H]3C[C@@H]4C(=CCn5c(=O)n(C)c(=O)n54)[C@H](c4cc(Cl)ccc4O)[C@]3(c3ccccc3)C2=O)cc1. The highest BCUT2D eigenvalue weighted by Gasteiger charge is 2.69. The quantitative estimate of drug-likeness (QED) is 0.274. The van der Waals surface area contributed by atoms with Gasteiger partial charge in [-0.15, -0.1) is 0 Å². The molecule has 1 saturated heterocycles. The number of phenolic OH excluding ortho intramolecular Hbond substituents is 1. The molecule has 4 aromatic rings. The summed E-state index contributed by atoms with van der Waals surface area (Å²) in [5, 5.41) is 12.7. The maximum atomic E-state index is 14.9. The molecule has 2 aliphatic heterocycles. The molecule has 2 amide bonds. The van der Waals surface area contributed by atoms with Crippen molar-refractivity contribution in [2.45, 2.75) is 37.3 Å². The fourth-order valence-electron chi connectivity index (χ4n) is 7.22. The lowest BCUT2D eigenvalue weighted by molar-refractivity contribution is -0.138. The Morgan fingerprint density at radius 1 is 0.953 bits per heavy atom. The van der Waals surface area contributed by atoms with Crippen LogP contribution in [0.3, 0.4) is 0 Å². The second-order valence-electron chi connectivity index (χ2n) is 11.4. The Hall–Kier alpha value is -4.83. The lowest BCUT2D eigenvalue weighted by Gasteiger charge is -2.49. The van der Waals surface area contributed by atoms with Crippen molar-refractivity contribution in [3.05, 3.63) is 127 Å². The van der Waals surface area contributed by atoms with Gasteiger partial charge in [0.1, 0.15) is 5.75 Å². The van der Waals surface area contributed by atoms with Crippen LogP contribution in [-0.2, 0) is 28.6 Å². The van der Waals surface area contributed by atoms with E-state index in [0.29, 0.717) is 27.4 Å². The summed E-state index contributed by atoms with van der Waals surface area (Å²) < 4.78 is 3.77. The first-order valence-electron chi connectivity index (χ1n) is 14.0. The number of anilines is 1. The molecule has 0 bridgehead atoms. The maximum absolute atomic E-state index is 14.9. The highest BCUT2D eigenvalue weighted by molar-refractivity contribution is 6.30. The van der Waals surface area contributed by atoms with Gasteiger partial charge >= 0.3 is 11.4 Å². The van der Waals surface area contributed by atoms with E-state index < -0.39 is 46.5 Å². The van der Waals surface area contributed by atoms with Crippen molar-refractivity contribution in [3.8, 4) is 5.75 Å². The third kappa shape index (κ3) is 3.72.